The normalized spacial score (nSPS) is 15.7. The quantitative estimate of drug-likeness (QED) is 0.791. The van der Waals surface area contributed by atoms with E-state index in [-0.39, 0.29) is 4.90 Å². The predicted molar refractivity (Wildman–Crippen MR) is 99.4 cm³/mol. The first-order valence-electron chi connectivity index (χ1n) is 8.35. The van der Waals surface area contributed by atoms with Gasteiger partial charge in [-0.25, -0.2) is 8.42 Å². The van der Waals surface area contributed by atoms with Gasteiger partial charge in [-0.3, -0.25) is 9.62 Å². The molecular weight excluding hydrogens is 338 g/mol. The minimum absolute atomic E-state index is 0.253. The van der Waals surface area contributed by atoms with Gasteiger partial charge in [0.15, 0.2) is 0 Å². The molecule has 1 aliphatic rings. The molecule has 0 bridgehead atoms. The highest BCUT2D eigenvalue weighted by atomic mass is 32.2. The van der Waals surface area contributed by atoms with Gasteiger partial charge in [0.2, 0.25) is 0 Å². The highest BCUT2D eigenvalue weighted by Gasteiger charge is 2.13. The van der Waals surface area contributed by atoms with Crippen molar-refractivity contribution in [1.29, 1.82) is 0 Å². The average molecular weight is 361 g/mol. The summed E-state index contributed by atoms with van der Waals surface area (Å²) in [7, 11) is -3.55. The Morgan fingerprint density at radius 1 is 0.920 bits per heavy atom. The van der Waals surface area contributed by atoms with Crippen molar-refractivity contribution in [2.45, 2.75) is 4.90 Å². The van der Waals surface area contributed by atoms with Crippen molar-refractivity contribution in [2.24, 2.45) is 0 Å². The van der Waals surface area contributed by atoms with E-state index in [9.17, 15) is 8.42 Å². The van der Waals surface area contributed by atoms with Gasteiger partial charge < -0.3 is 10.1 Å². The van der Waals surface area contributed by atoms with Gasteiger partial charge in [0.1, 0.15) is 0 Å². The van der Waals surface area contributed by atoms with E-state index in [2.05, 4.69) is 14.9 Å². The van der Waals surface area contributed by atoms with Crippen LogP contribution in [0.25, 0.3) is 0 Å². The number of benzene rings is 2. The van der Waals surface area contributed by atoms with Gasteiger partial charge in [0, 0.05) is 37.6 Å². The number of anilines is 2. The number of rotatable bonds is 7. The van der Waals surface area contributed by atoms with E-state index in [0.29, 0.717) is 5.69 Å². The zero-order valence-corrected chi connectivity index (χ0v) is 14.8. The summed E-state index contributed by atoms with van der Waals surface area (Å²) in [5.74, 6) is 0. The molecule has 1 fully saturated rings. The number of morpholine rings is 1. The number of nitrogens with zero attached hydrogens (tertiary/aromatic N) is 1. The minimum Gasteiger partial charge on any atom is -0.384 e. The molecule has 134 valence electrons. The van der Waals surface area contributed by atoms with Gasteiger partial charge in [-0.2, -0.15) is 0 Å². The molecule has 25 heavy (non-hydrogen) atoms. The summed E-state index contributed by atoms with van der Waals surface area (Å²) in [4.78, 5) is 2.61. The second-order valence-corrected chi connectivity index (χ2v) is 7.56. The van der Waals surface area contributed by atoms with Crippen LogP contribution in [0.1, 0.15) is 0 Å². The summed E-state index contributed by atoms with van der Waals surface area (Å²) in [6.07, 6.45) is 0. The molecule has 0 atom stereocenters. The molecule has 1 aliphatic heterocycles. The molecule has 0 aromatic heterocycles. The third kappa shape index (κ3) is 5.19. The number of nitrogens with one attached hydrogen (secondary N) is 2. The van der Waals surface area contributed by atoms with Crippen LogP contribution in [0.4, 0.5) is 11.4 Å². The average Bonchev–Trinajstić information content (AvgIpc) is 2.65. The van der Waals surface area contributed by atoms with E-state index in [1.54, 1.807) is 42.5 Å². The molecule has 7 heteroatoms. The first-order valence-corrected chi connectivity index (χ1v) is 9.84. The summed E-state index contributed by atoms with van der Waals surface area (Å²) >= 11 is 0. The summed E-state index contributed by atoms with van der Waals surface area (Å²) in [6, 6.07) is 15.6. The Morgan fingerprint density at radius 3 is 2.24 bits per heavy atom. The first-order chi connectivity index (χ1) is 12.1. The monoisotopic (exact) mass is 361 g/mol. The number of hydrogen-bond acceptors (Lipinski definition) is 5. The Balaban J connectivity index is 1.51. The molecule has 2 N–H and O–H groups in total. The van der Waals surface area contributed by atoms with Crippen LogP contribution in [0.2, 0.25) is 0 Å². The van der Waals surface area contributed by atoms with Gasteiger partial charge >= 0.3 is 0 Å². The molecule has 1 saturated heterocycles. The molecule has 0 aliphatic carbocycles. The molecule has 1 heterocycles. The van der Waals surface area contributed by atoms with Crippen LogP contribution in [-0.4, -0.2) is 52.7 Å². The van der Waals surface area contributed by atoms with Gasteiger partial charge in [-0.15, -0.1) is 0 Å². The molecule has 0 unspecified atom stereocenters. The summed E-state index contributed by atoms with van der Waals surface area (Å²) < 4.78 is 32.5. The molecule has 2 aromatic carbocycles. The molecule has 0 spiro atoms. The lowest BCUT2D eigenvalue weighted by atomic mass is 10.3. The molecular formula is C18H23N3O3S. The summed E-state index contributed by atoms with van der Waals surface area (Å²) in [6.45, 7) is 5.36. The van der Waals surface area contributed by atoms with E-state index >= 15 is 0 Å². The van der Waals surface area contributed by atoms with Crippen molar-refractivity contribution in [3.63, 3.8) is 0 Å². The van der Waals surface area contributed by atoms with E-state index in [4.69, 9.17) is 4.74 Å². The third-order valence-corrected chi connectivity index (χ3v) is 5.45. The smallest absolute Gasteiger partial charge is 0.261 e. The van der Waals surface area contributed by atoms with Crippen molar-refractivity contribution >= 4 is 21.4 Å². The van der Waals surface area contributed by atoms with Crippen LogP contribution < -0.4 is 10.0 Å². The maximum absolute atomic E-state index is 12.3. The largest absolute Gasteiger partial charge is 0.384 e. The van der Waals surface area contributed by atoms with E-state index in [0.717, 1.165) is 45.1 Å². The van der Waals surface area contributed by atoms with Crippen LogP contribution in [0.5, 0.6) is 0 Å². The zero-order valence-electron chi connectivity index (χ0n) is 14.0. The van der Waals surface area contributed by atoms with Crippen LogP contribution in [0.15, 0.2) is 59.5 Å². The molecule has 3 rings (SSSR count). The Hall–Kier alpha value is -2.09. The third-order valence-electron chi connectivity index (χ3n) is 4.05. The van der Waals surface area contributed by atoms with E-state index in [1.807, 2.05) is 12.1 Å². The highest BCUT2D eigenvalue weighted by molar-refractivity contribution is 7.92. The van der Waals surface area contributed by atoms with Gasteiger partial charge in [-0.05, 0) is 36.4 Å². The Labute approximate surface area is 148 Å². The molecule has 0 radical (unpaired) electrons. The van der Waals surface area contributed by atoms with Crippen molar-refractivity contribution in [3.05, 3.63) is 54.6 Å². The fourth-order valence-corrected chi connectivity index (χ4v) is 3.73. The van der Waals surface area contributed by atoms with Crippen molar-refractivity contribution < 1.29 is 13.2 Å². The summed E-state index contributed by atoms with van der Waals surface area (Å²) in [5, 5.41) is 3.35. The Kier molecular flexibility index (Phi) is 5.91. The topological polar surface area (TPSA) is 70.7 Å². The second-order valence-electron chi connectivity index (χ2n) is 5.88. The fraction of sp³-hybridized carbons (Fsp3) is 0.333. The Bertz CT molecular complexity index is 758. The lowest BCUT2D eigenvalue weighted by Gasteiger charge is -2.26. The molecule has 6 nitrogen and oxygen atoms in total. The Morgan fingerprint density at radius 2 is 1.56 bits per heavy atom. The SMILES string of the molecule is O=S(=O)(Nc1ccc(NCCN2CCOCC2)cc1)c1ccccc1. The molecule has 0 saturated carbocycles. The van der Waals surface area contributed by atoms with E-state index < -0.39 is 10.0 Å². The van der Waals surface area contributed by atoms with Crippen molar-refractivity contribution in [1.82, 2.24) is 4.90 Å². The van der Waals surface area contributed by atoms with Gasteiger partial charge in [-0.1, -0.05) is 18.2 Å². The predicted octanol–water partition coefficient (Wildman–Crippen LogP) is 2.23. The van der Waals surface area contributed by atoms with E-state index in [1.165, 1.54) is 0 Å². The molecule has 2 aromatic rings. The van der Waals surface area contributed by atoms with Crippen LogP contribution in [0, 0.1) is 0 Å². The summed E-state index contributed by atoms with van der Waals surface area (Å²) in [5.41, 5.74) is 1.51. The van der Waals surface area contributed by atoms with Crippen LogP contribution in [0.3, 0.4) is 0 Å². The second kappa shape index (κ2) is 8.33. The van der Waals surface area contributed by atoms with Gasteiger partial charge in [0.05, 0.1) is 18.1 Å². The highest BCUT2D eigenvalue weighted by Crippen LogP contribution is 2.18. The number of sulfonamides is 1. The number of hydrogen-bond donors (Lipinski definition) is 2. The molecule has 0 amide bonds. The lowest BCUT2D eigenvalue weighted by molar-refractivity contribution is 0.0398. The lowest BCUT2D eigenvalue weighted by Crippen LogP contribution is -2.38. The van der Waals surface area contributed by atoms with Crippen LogP contribution >= 0.6 is 0 Å². The maximum atomic E-state index is 12.3. The minimum atomic E-state index is -3.55. The van der Waals surface area contributed by atoms with Crippen LogP contribution in [-0.2, 0) is 14.8 Å². The number of ether oxygens (including phenoxy) is 1. The first kappa shape index (κ1) is 17.7. The zero-order chi connectivity index (χ0) is 17.5. The fourth-order valence-electron chi connectivity index (χ4n) is 2.65. The van der Waals surface area contributed by atoms with Crippen molar-refractivity contribution in [3.8, 4) is 0 Å². The standard InChI is InChI=1S/C18H23N3O3S/c22-25(23,18-4-2-1-3-5-18)20-17-8-6-16(7-9-17)19-10-11-21-12-14-24-15-13-21/h1-9,19-20H,10-15H2. The van der Waals surface area contributed by atoms with Gasteiger partial charge in [0.25, 0.3) is 10.0 Å². The maximum Gasteiger partial charge on any atom is 0.261 e. The van der Waals surface area contributed by atoms with Crippen molar-refractivity contribution in [2.75, 3.05) is 49.4 Å².